The number of hydrogen-bond acceptors (Lipinski definition) is 5. The van der Waals surface area contributed by atoms with E-state index in [4.69, 9.17) is 0 Å². The third kappa shape index (κ3) is 3.37. The van der Waals surface area contributed by atoms with Crippen LogP contribution in [0.15, 0.2) is 48.7 Å². The Morgan fingerprint density at radius 1 is 1.35 bits per heavy atom. The van der Waals surface area contributed by atoms with Crippen LogP contribution >= 0.6 is 0 Å². The van der Waals surface area contributed by atoms with Crippen LogP contribution in [-0.2, 0) is 6.54 Å². The number of nitro benzene ring substituents is 1. The molecule has 6 heteroatoms. The maximum absolute atomic E-state index is 10.7. The van der Waals surface area contributed by atoms with Crippen molar-refractivity contribution in [2.45, 2.75) is 12.6 Å². The zero-order valence-corrected chi connectivity index (χ0v) is 10.6. The highest BCUT2D eigenvalue weighted by Crippen LogP contribution is 2.19. The zero-order valence-electron chi connectivity index (χ0n) is 10.6. The number of rotatable bonds is 5. The molecule has 6 nitrogen and oxygen atoms in total. The highest BCUT2D eigenvalue weighted by Gasteiger charge is 2.14. The number of nitriles is 1. The predicted octanol–water partition coefficient (Wildman–Crippen LogP) is 2.34. The lowest BCUT2D eigenvalue weighted by atomic mass is 10.1. The zero-order chi connectivity index (χ0) is 14.4. The van der Waals surface area contributed by atoms with Crippen molar-refractivity contribution >= 4 is 5.69 Å². The first-order valence-electron chi connectivity index (χ1n) is 5.98. The summed E-state index contributed by atoms with van der Waals surface area (Å²) in [6.07, 6.45) is 1.67. The summed E-state index contributed by atoms with van der Waals surface area (Å²) >= 11 is 0. The average Bonchev–Trinajstić information content (AvgIpc) is 2.49. The maximum atomic E-state index is 10.7. The van der Waals surface area contributed by atoms with Gasteiger partial charge in [-0.3, -0.25) is 20.4 Å². The van der Waals surface area contributed by atoms with Crippen LogP contribution in [0.5, 0.6) is 0 Å². The fourth-order valence-electron chi connectivity index (χ4n) is 1.77. The van der Waals surface area contributed by atoms with Crippen LogP contribution in [0.25, 0.3) is 0 Å². The summed E-state index contributed by atoms with van der Waals surface area (Å²) in [5.41, 5.74) is 1.35. The monoisotopic (exact) mass is 268 g/mol. The SMILES string of the molecule is N#CC(NCc1ccccn1)c1cccc([N+](=O)[O-])c1. The number of pyridine rings is 1. The number of nitro groups is 1. The first-order chi connectivity index (χ1) is 9.70. The summed E-state index contributed by atoms with van der Waals surface area (Å²) in [6, 6.07) is 13.1. The third-order valence-electron chi connectivity index (χ3n) is 2.76. The fraction of sp³-hybridized carbons (Fsp3) is 0.143. The van der Waals surface area contributed by atoms with Crippen molar-refractivity contribution in [3.63, 3.8) is 0 Å². The molecular weight excluding hydrogens is 256 g/mol. The number of nitrogens with zero attached hydrogens (tertiary/aromatic N) is 3. The van der Waals surface area contributed by atoms with Crippen molar-refractivity contribution in [3.05, 3.63) is 70.0 Å². The molecule has 1 aromatic carbocycles. The molecule has 1 aromatic heterocycles. The van der Waals surface area contributed by atoms with Gasteiger partial charge < -0.3 is 0 Å². The molecule has 1 atom stereocenters. The Balaban J connectivity index is 2.11. The molecule has 0 saturated heterocycles. The summed E-state index contributed by atoms with van der Waals surface area (Å²) in [4.78, 5) is 14.4. The molecule has 0 saturated carbocycles. The molecule has 0 fully saturated rings. The number of benzene rings is 1. The molecule has 0 spiro atoms. The summed E-state index contributed by atoms with van der Waals surface area (Å²) in [5.74, 6) is 0. The molecule has 100 valence electrons. The molecular formula is C14H12N4O2. The standard InChI is InChI=1S/C14H12N4O2/c15-9-14(17-10-12-5-1-2-7-16-12)11-4-3-6-13(8-11)18(19)20/h1-8,14,17H,10H2. The predicted molar refractivity (Wildman–Crippen MR) is 72.5 cm³/mol. The molecule has 0 amide bonds. The molecule has 0 radical (unpaired) electrons. The lowest BCUT2D eigenvalue weighted by molar-refractivity contribution is -0.384. The highest BCUT2D eigenvalue weighted by atomic mass is 16.6. The van der Waals surface area contributed by atoms with Crippen molar-refractivity contribution in [1.29, 1.82) is 5.26 Å². The molecule has 1 unspecified atom stereocenters. The molecule has 0 bridgehead atoms. The van der Waals surface area contributed by atoms with E-state index in [0.717, 1.165) is 5.69 Å². The number of hydrogen-bond donors (Lipinski definition) is 1. The van der Waals surface area contributed by atoms with Gasteiger partial charge in [0, 0.05) is 24.9 Å². The van der Waals surface area contributed by atoms with E-state index in [1.54, 1.807) is 18.3 Å². The molecule has 0 aliphatic carbocycles. The summed E-state index contributed by atoms with van der Waals surface area (Å²) in [5, 5.41) is 22.9. The van der Waals surface area contributed by atoms with Gasteiger partial charge in [0.15, 0.2) is 0 Å². The first kappa shape index (κ1) is 13.6. The average molecular weight is 268 g/mol. The van der Waals surface area contributed by atoms with Crippen LogP contribution in [0.2, 0.25) is 0 Å². The largest absolute Gasteiger partial charge is 0.293 e. The molecule has 2 rings (SSSR count). The van der Waals surface area contributed by atoms with Crippen LogP contribution in [0.3, 0.4) is 0 Å². The van der Waals surface area contributed by atoms with E-state index in [9.17, 15) is 15.4 Å². The Bertz CT molecular complexity index is 637. The van der Waals surface area contributed by atoms with Crippen LogP contribution in [0, 0.1) is 21.4 Å². The van der Waals surface area contributed by atoms with E-state index in [1.807, 2.05) is 18.2 Å². The second kappa shape index (κ2) is 6.41. The van der Waals surface area contributed by atoms with Gasteiger partial charge in [0.05, 0.1) is 16.7 Å². The van der Waals surface area contributed by atoms with Crippen molar-refractivity contribution < 1.29 is 4.92 Å². The number of aromatic nitrogens is 1. The lowest BCUT2D eigenvalue weighted by Crippen LogP contribution is -2.20. The summed E-state index contributed by atoms with van der Waals surface area (Å²) in [7, 11) is 0. The Morgan fingerprint density at radius 3 is 2.85 bits per heavy atom. The Labute approximate surface area is 115 Å². The van der Waals surface area contributed by atoms with Gasteiger partial charge >= 0.3 is 0 Å². The van der Waals surface area contributed by atoms with Crippen molar-refractivity contribution in [2.24, 2.45) is 0 Å². The summed E-state index contributed by atoms with van der Waals surface area (Å²) < 4.78 is 0. The molecule has 1 N–H and O–H groups in total. The second-order valence-electron chi connectivity index (χ2n) is 4.12. The van der Waals surface area contributed by atoms with Gasteiger partial charge in [0.2, 0.25) is 0 Å². The Morgan fingerprint density at radius 2 is 2.20 bits per heavy atom. The van der Waals surface area contributed by atoms with Gasteiger partial charge in [-0.2, -0.15) is 5.26 Å². The molecule has 0 aliphatic rings. The first-order valence-corrected chi connectivity index (χ1v) is 5.98. The van der Waals surface area contributed by atoms with Gasteiger partial charge in [0.25, 0.3) is 5.69 Å². The minimum Gasteiger partial charge on any atom is -0.293 e. The normalized spacial score (nSPS) is 11.6. The van der Waals surface area contributed by atoms with E-state index >= 15 is 0 Å². The van der Waals surface area contributed by atoms with Crippen molar-refractivity contribution in [3.8, 4) is 6.07 Å². The fourth-order valence-corrected chi connectivity index (χ4v) is 1.77. The van der Waals surface area contributed by atoms with Crippen LogP contribution < -0.4 is 5.32 Å². The van der Waals surface area contributed by atoms with Gasteiger partial charge in [-0.1, -0.05) is 18.2 Å². The Kier molecular flexibility index (Phi) is 4.37. The molecule has 20 heavy (non-hydrogen) atoms. The molecule has 0 aliphatic heterocycles. The topological polar surface area (TPSA) is 91.8 Å². The lowest BCUT2D eigenvalue weighted by Gasteiger charge is -2.11. The van der Waals surface area contributed by atoms with E-state index in [-0.39, 0.29) is 5.69 Å². The van der Waals surface area contributed by atoms with Gasteiger partial charge in [-0.05, 0) is 17.7 Å². The maximum Gasteiger partial charge on any atom is 0.269 e. The molecule has 1 heterocycles. The Hall–Kier alpha value is -2.78. The smallest absolute Gasteiger partial charge is 0.269 e. The highest BCUT2D eigenvalue weighted by molar-refractivity contribution is 5.37. The third-order valence-corrected chi connectivity index (χ3v) is 2.76. The van der Waals surface area contributed by atoms with E-state index < -0.39 is 11.0 Å². The van der Waals surface area contributed by atoms with Crippen molar-refractivity contribution in [1.82, 2.24) is 10.3 Å². The molecule has 2 aromatic rings. The number of nitrogens with one attached hydrogen (secondary N) is 1. The van der Waals surface area contributed by atoms with E-state index in [1.165, 1.54) is 12.1 Å². The minimum absolute atomic E-state index is 0.0256. The van der Waals surface area contributed by atoms with Crippen LogP contribution in [0.4, 0.5) is 5.69 Å². The van der Waals surface area contributed by atoms with Crippen molar-refractivity contribution in [2.75, 3.05) is 0 Å². The van der Waals surface area contributed by atoms with E-state index in [0.29, 0.717) is 12.1 Å². The van der Waals surface area contributed by atoms with Gasteiger partial charge in [-0.15, -0.1) is 0 Å². The van der Waals surface area contributed by atoms with Crippen LogP contribution in [0.1, 0.15) is 17.3 Å². The minimum atomic E-state index is -0.614. The van der Waals surface area contributed by atoms with E-state index in [2.05, 4.69) is 16.4 Å². The quantitative estimate of drug-likeness (QED) is 0.663. The summed E-state index contributed by atoms with van der Waals surface area (Å²) in [6.45, 7) is 0.418. The number of non-ortho nitro benzene ring substituents is 1. The second-order valence-corrected chi connectivity index (χ2v) is 4.12. The van der Waals surface area contributed by atoms with Gasteiger partial charge in [0.1, 0.15) is 6.04 Å². The van der Waals surface area contributed by atoms with Crippen LogP contribution in [-0.4, -0.2) is 9.91 Å². The van der Waals surface area contributed by atoms with Gasteiger partial charge in [-0.25, -0.2) is 0 Å².